The minimum atomic E-state index is -0.742. The Bertz CT molecular complexity index is 858. The number of hydrogen-bond donors (Lipinski definition) is 2. The van der Waals surface area contributed by atoms with E-state index in [0.29, 0.717) is 16.5 Å². The molecule has 0 spiro atoms. The van der Waals surface area contributed by atoms with Crippen LogP contribution >= 0.6 is 11.3 Å². The smallest absolute Gasteiger partial charge is 0.390 e. The molecule has 0 aliphatic heterocycles. The largest absolute Gasteiger partial charge is 0.490 e. The lowest BCUT2D eigenvalue weighted by atomic mass is 9.88. The molecule has 0 aromatic carbocycles. The number of amides is 2. The van der Waals surface area contributed by atoms with E-state index in [1.165, 1.54) is 11.3 Å². The Kier molecular flexibility index (Phi) is 4.49. The summed E-state index contributed by atoms with van der Waals surface area (Å²) in [5.74, 6) is -1.09. The van der Waals surface area contributed by atoms with E-state index in [0.717, 1.165) is 40.7 Å². The Hall–Kier alpha value is -2.82. The second-order valence-electron chi connectivity index (χ2n) is 5.97. The molecule has 25 heavy (non-hydrogen) atoms. The lowest BCUT2D eigenvalue weighted by Gasteiger charge is -2.18. The highest BCUT2D eigenvalue weighted by atomic mass is 32.1. The molecule has 2 aromatic heterocycles. The maximum atomic E-state index is 12.2. The van der Waals surface area contributed by atoms with E-state index in [1.54, 1.807) is 0 Å². The summed E-state index contributed by atoms with van der Waals surface area (Å²) in [4.78, 5) is 38.4. The van der Waals surface area contributed by atoms with Gasteiger partial charge < -0.3 is 21.2 Å². The highest BCUT2D eigenvalue weighted by Gasteiger charge is 2.27. The number of fused-ring (bicyclic) bond motifs is 1. The van der Waals surface area contributed by atoms with Crippen molar-refractivity contribution in [1.82, 2.24) is 14.8 Å². The van der Waals surface area contributed by atoms with Crippen molar-refractivity contribution in [2.24, 2.45) is 11.7 Å². The van der Waals surface area contributed by atoms with Crippen LogP contribution in [0.2, 0.25) is 0 Å². The summed E-state index contributed by atoms with van der Waals surface area (Å²) < 4.78 is 1.06. The van der Waals surface area contributed by atoms with E-state index in [9.17, 15) is 19.7 Å². The number of nitrogens with one attached hydrogen (secondary N) is 1. The number of hydrogen-bond acceptors (Lipinski definition) is 7. The van der Waals surface area contributed by atoms with E-state index in [4.69, 9.17) is 5.73 Å². The van der Waals surface area contributed by atoms with E-state index in [1.807, 2.05) is 0 Å². The molecule has 0 unspecified atom stereocenters. The molecule has 1 aliphatic carbocycles. The number of thiophene rings is 1. The monoisotopic (exact) mass is 364 g/mol. The summed E-state index contributed by atoms with van der Waals surface area (Å²) >= 11 is 1.36. The van der Waals surface area contributed by atoms with E-state index < -0.39 is 22.7 Å². The number of nitro groups is 1. The van der Waals surface area contributed by atoms with Gasteiger partial charge >= 0.3 is 5.95 Å². The van der Waals surface area contributed by atoms with Gasteiger partial charge in [0.15, 0.2) is 0 Å². The van der Waals surface area contributed by atoms with Gasteiger partial charge in [0.1, 0.15) is 11.5 Å². The highest BCUT2D eigenvalue weighted by Crippen LogP contribution is 2.39. The third-order valence-corrected chi connectivity index (χ3v) is 5.17. The molecule has 2 aromatic rings. The van der Waals surface area contributed by atoms with Gasteiger partial charge in [-0.1, -0.05) is 11.9 Å². The van der Waals surface area contributed by atoms with Crippen LogP contribution in [0.25, 0.3) is 0 Å². The summed E-state index contributed by atoms with van der Waals surface area (Å²) in [6.07, 6.45) is 3.69. The zero-order chi connectivity index (χ0) is 18.1. The second kappa shape index (κ2) is 6.59. The zero-order valence-electron chi connectivity index (χ0n) is 13.4. The van der Waals surface area contributed by atoms with E-state index >= 15 is 0 Å². The van der Waals surface area contributed by atoms with Gasteiger partial charge in [0.05, 0.1) is 5.56 Å². The lowest BCUT2D eigenvalue weighted by Crippen LogP contribution is -2.22. The molecule has 0 radical (unpaired) electrons. The quantitative estimate of drug-likeness (QED) is 0.600. The molecule has 2 amide bonds. The van der Waals surface area contributed by atoms with Crippen molar-refractivity contribution in [3.05, 3.63) is 32.4 Å². The number of primary amides is 1. The Morgan fingerprint density at radius 2 is 2.32 bits per heavy atom. The number of carbonyl (C=O) groups excluding carboxylic acids is 2. The molecule has 1 atom stereocenters. The Morgan fingerprint density at radius 1 is 1.56 bits per heavy atom. The fourth-order valence-corrected chi connectivity index (χ4v) is 4.29. The predicted octanol–water partition coefficient (Wildman–Crippen LogP) is 1.11. The second-order valence-corrected chi connectivity index (χ2v) is 7.07. The summed E-state index contributed by atoms with van der Waals surface area (Å²) in [7, 11) is 0. The summed E-state index contributed by atoms with van der Waals surface area (Å²) in [5.41, 5.74) is 6.78. The van der Waals surface area contributed by atoms with Crippen LogP contribution in [0.3, 0.4) is 0 Å². The molecule has 132 valence electrons. The molecule has 0 fully saturated rings. The molecular weight excluding hydrogens is 348 g/mol. The SMILES string of the molecule is C[C@@H]1CCc2c(sc(NC(=O)Cn3cnc([N+](=O)[O-])n3)c2C(N)=O)C1. The number of nitrogens with two attached hydrogens (primary N) is 1. The summed E-state index contributed by atoms with van der Waals surface area (Å²) in [6.45, 7) is 1.89. The molecule has 0 saturated heterocycles. The van der Waals surface area contributed by atoms with Crippen LogP contribution in [0.5, 0.6) is 0 Å². The van der Waals surface area contributed by atoms with Gasteiger partial charge in [0, 0.05) is 9.98 Å². The van der Waals surface area contributed by atoms with Crippen molar-refractivity contribution < 1.29 is 14.5 Å². The predicted molar refractivity (Wildman–Crippen MR) is 89.3 cm³/mol. The third-order valence-electron chi connectivity index (χ3n) is 4.00. The molecule has 0 bridgehead atoms. The number of rotatable bonds is 5. The number of carbonyl (C=O) groups is 2. The van der Waals surface area contributed by atoms with Gasteiger partial charge in [-0.05, 0) is 35.7 Å². The topological polar surface area (TPSA) is 146 Å². The highest BCUT2D eigenvalue weighted by molar-refractivity contribution is 7.17. The van der Waals surface area contributed by atoms with Gasteiger partial charge in [0.25, 0.3) is 5.91 Å². The van der Waals surface area contributed by atoms with Gasteiger partial charge in [-0.2, -0.15) is 4.68 Å². The molecule has 1 aliphatic rings. The first-order chi connectivity index (χ1) is 11.8. The van der Waals surface area contributed by atoms with E-state index in [-0.39, 0.29) is 6.54 Å². The maximum absolute atomic E-state index is 12.2. The number of aromatic nitrogens is 3. The lowest BCUT2D eigenvalue weighted by molar-refractivity contribution is -0.394. The van der Waals surface area contributed by atoms with Gasteiger partial charge in [-0.15, -0.1) is 11.3 Å². The van der Waals surface area contributed by atoms with Crippen LogP contribution in [0, 0.1) is 16.0 Å². The average Bonchev–Trinajstić information content (AvgIpc) is 3.10. The Labute approximate surface area is 146 Å². The van der Waals surface area contributed by atoms with Crippen molar-refractivity contribution in [3.8, 4) is 0 Å². The first-order valence-electron chi connectivity index (χ1n) is 7.63. The van der Waals surface area contributed by atoms with Gasteiger partial charge in [-0.3, -0.25) is 9.59 Å². The Balaban J connectivity index is 1.78. The molecule has 2 heterocycles. The zero-order valence-corrected chi connectivity index (χ0v) is 14.2. The molecule has 3 rings (SSSR count). The van der Waals surface area contributed by atoms with Crippen molar-refractivity contribution in [3.63, 3.8) is 0 Å². The molecule has 3 N–H and O–H groups in total. The van der Waals surface area contributed by atoms with Crippen molar-refractivity contribution >= 4 is 34.1 Å². The van der Waals surface area contributed by atoms with Crippen molar-refractivity contribution in [2.75, 3.05) is 5.32 Å². The summed E-state index contributed by atoms with van der Waals surface area (Å²) in [6, 6.07) is 0. The summed E-state index contributed by atoms with van der Waals surface area (Å²) in [5, 5.41) is 17.2. The van der Waals surface area contributed by atoms with Crippen molar-refractivity contribution in [1.29, 1.82) is 0 Å². The molecule has 0 saturated carbocycles. The fourth-order valence-electron chi connectivity index (χ4n) is 2.86. The number of anilines is 1. The first kappa shape index (κ1) is 17.0. The van der Waals surface area contributed by atoms with Crippen molar-refractivity contribution in [2.45, 2.75) is 32.7 Å². The van der Waals surface area contributed by atoms with Crippen LogP contribution in [0.1, 0.15) is 34.1 Å². The molecular formula is C14H16N6O4S. The van der Waals surface area contributed by atoms with Crippen LogP contribution in [-0.2, 0) is 24.2 Å². The van der Waals surface area contributed by atoms with Gasteiger partial charge in [0.2, 0.25) is 12.2 Å². The molecule has 10 nitrogen and oxygen atoms in total. The minimum absolute atomic E-state index is 0.252. The first-order valence-corrected chi connectivity index (χ1v) is 8.44. The normalized spacial score (nSPS) is 16.3. The van der Waals surface area contributed by atoms with Crippen LogP contribution in [0.15, 0.2) is 6.33 Å². The van der Waals surface area contributed by atoms with Crippen LogP contribution in [0.4, 0.5) is 10.9 Å². The molecule has 11 heteroatoms. The number of nitrogens with zero attached hydrogens (tertiary/aromatic N) is 4. The minimum Gasteiger partial charge on any atom is -0.390 e. The maximum Gasteiger partial charge on any atom is 0.490 e. The van der Waals surface area contributed by atoms with Crippen LogP contribution < -0.4 is 11.1 Å². The third kappa shape index (κ3) is 3.50. The van der Waals surface area contributed by atoms with Crippen LogP contribution in [-0.4, -0.2) is 31.5 Å². The standard InChI is InChI=1S/C14H16N6O4S/c1-7-2-3-8-9(4-7)25-13(11(8)12(15)22)17-10(21)5-19-6-16-14(18-19)20(23)24/h6-7H,2-5H2,1H3,(H2,15,22)(H,17,21)/t7-/m1/s1. The van der Waals surface area contributed by atoms with Gasteiger partial charge in [-0.25, -0.2) is 0 Å². The average molecular weight is 364 g/mol. The van der Waals surface area contributed by atoms with E-state index in [2.05, 4.69) is 22.3 Å². The fraction of sp³-hybridized carbons (Fsp3) is 0.429. The Morgan fingerprint density at radius 3 is 2.96 bits per heavy atom.